The summed E-state index contributed by atoms with van der Waals surface area (Å²) in [5, 5.41) is 14.6. The molecule has 1 unspecified atom stereocenters. The van der Waals surface area contributed by atoms with E-state index in [-0.39, 0.29) is 24.6 Å². The van der Waals surface area contributed by atoms with Crippen LogP contribution in [0.5, 0.6) is 5.75 Å². The summed E-state index contributed by atoms with van der Waals surface area (Å²) < 4.78 is 36.9. The van der Waals surface area contributed by atoms with Gasteiger partial charge < -0.3 is 24.8 Å². The summed E-state index contributed by atoms with van der Waals surface area (Å²) in [5.74, 6) is -0.342. The number of esters is 1. The van der Waals surface area contributed by atoms with Crippen molar-refractivity contribution in [1.29, 1.82) is 0 Å². The van der Waals surface area contributed by atoms with Crippen LogP contribution in [-0.4, -0.2) is 52.6 Å². The zero-order valence-electron chi connectivity index (χ0n) is 19.6. The molecule has 1 saturated heterocycles. The first-order valence-corrected chi connectivity index (χ1v) is 12.7. The molecule has 0 saturated carbocycles. The predicted molar refractivity (Wildman–Crippen MR) is 130 cm³/mol. The van der Waals surface area contributed by atoms with Gasteiger partial charge in [-0.15, -0.1) is 0 Å². The molecule has 4 rings (SSSR count). The first-order valence-electron chi connectivity index (χ1n) is 11.1. The van der Waals surface area contributed by atoms with E-state index in [2.05, 4.69) is 10.1 Å². The normalized spacial score (nSPS) is 22.1. The maximum absolute atomic E-state index is 13.8. The van der Waals surface area contributed by atoms with E-state index >= 15 is 0 Å². The molecule has 0 amide bonds. The molecule has 1 aliphatic heterocycles. The molecule has 12 nitrogen and oxygen atoms in total. The lowest BCUT2D eigenvalue weighted by Crippen LogP contribution is -2.36. The second-order valence-electron chi connectivity index (χ2n) is 8.21. The molecule has 0 radical (unpaired) electrons. The summed E-state index contributed by atoms with van der Waals surface area (Å²) in [5.41, 5.74) is 4.89. The van der Waals surface area contributed by atoms with Gasteiger partial charge in [-0.05, 0) is 24.4 Å². The van der Waals surface area contributed by atoms with Crippen LogP contribution in [-0.2, 0) is 23.4 Å². The van der Waals surface area contributed by atoms with Crippen molar-refractivity contribution in [3.63, 3.8) is 0 Å². The van der Waals surface area contributed by atoms with Crippen molar-refractivity contribution in [3.8, 4) is 5.75 Å². The Morgan fingerprint density at radius 2 is 2.06 bits per heavy atom. The molecule has 36 heavy (non-hydrogen) atoms. The Hall–Kier alpha value is -3.28. The Kier molecular flexibility index (Phi) is 7.72. The number of nitrogens with zero attached hydrogens (tertiary/aromatic N) is 2. The number of methoxy groups -OCH3 is 1. The Balaban J connectivity index is 1.53. The summed E-state index contributed by atoms with van der Waals surface area (Å²) in [6.07, 6.45) is -1.32. The van der Waals surface area contributed by atoms with Crippen molar-refractivity contribution in [3.05, 3.63) is 65.2 Å². The second kappa shape index (κ2) is 10.8. The highest BCUT2D eigenvalue weighted by atomic mass is 31.2. The van der Waals surface area contributed by atoms with Crippen molar-refractivity contribution in [1.82, 2.24) is 14.6 Å². The number of rotatable bonds is 9. The van der Waals surface area contributed by atoms with E-state index in [0.29, 0.717) is 5.39 Å². The van der Waals surface area contributed by atoms with Crippen molar-refractivity contribution in [2.75, 3.05) is 19.5 Å². The molecule has 0 spiro atoms. The van der Waals surface area contributed by atoms with Gasteiger partial charge in [0.25, 0.3) is 0 Å². The van der Waals surface area contributed by atoms with Gasteiger partial charge in [-0.1, -0.05) is 36.4 Å². The quantitative estimate of drug-likeness (QED) is 0.280. The number of anilines is 1. The van der Waals surface area contributed by atoms with Crippen LogP contribution in [0.2, 0.25) is 0 Å². The van der Waals surface area contributed by atoms with Crippen LogP contribution in [0.25, 0.3) is 10.8 Å². The van der Waals surface area contributed by atoms with Crippen LogP contribution in [0.3, 0.4) is 0 Å². The fraction of sp³-hybridized carbons (Fsp3) is 0.348. The number of carbonyl (C=O) groups excluding carboxylic acids is 1. The largest absolute Gasteiger partial charge is 0.468 e. The first kappa shape index (κ1) is 25.8. The summed E-state index contributed by atoms with van der Waals surface area (Å²) in [4.78, 5) is 27.8. The Morgan fingerprint density at radius 3 is 2.81 bits per heavy atom. The molecule has 1 aliphatic rings. The number of hydrogen-bond donors (Lipinski definition) is 3. The van der Waals surface area contributed by atoms with E-state index in [1.54, 1.807) is 18.2 Å². The minimum Gasteiger partial charge on any atom is -0.468 e. The van der Waals surface area contributed by atoms with Crippen LogP contribution in [0.4, 0.5) is 5.82 Å². The Morgan fingerprint density at radius 1 is 1.31 bits per heavy atom. The van der Waals surface area contributed by atoms with E-state index in [1.807, 2.05) is 24.3 Å². The van der Waals surface area contributed by atoms with Crippen LogP contribution in [0, 0.1) is 0 Å². The van der Waals surface area contributed by atoms with Crippen molar-refractivity contribution in [2.45, 2.75) is 37.8 Å². The summed E-state index contributed by atoms with van der Waals surface area (Å²) in [6, 6.07) is 13.0. The first-order chi connectivity index (χ1) is 17.2. The maximum Gasteiger partial charge on any atom is 0.459 e. The van der Waals surface area contributed by atoms with Gasteiger partial charge in [0.1, 0.15) is 29.9 Å². The lowest BCUT2D eigenvalue weighted by atomic mass is 10.1. The highest BCUT2D eigenvalue weighted by Gasteiger charge is 2.39. The highest BCUT2D eigenvalue weighted by Crippen LogP contribution is 2.47. The van der Waals surface area contributed by atoms with Crippen molar-refractivity contribution in [2.24, 2.45) is 0 Å². The minimum absolute atomic E-state index is 0.0620. The van der Waals surface area contributed by atoms with Crippen LogP contribution >= 0.6 is 7.75 Å². The molecular formula is C23H27N4O8P. The SMILES string of the molecule is COC(=O)[C@H](C)NP(=O)(OC[C@H]1O[C@@H](n2ccc(N)nc2=O)C[C@H]1O)Oc1cccc2ccccc12. The van der Waals surface area contributed by atoms with E-state index in [1.165, 1.54) is 30.9 Å². The predicted octanol–water partition coefficient (Wildman–Crippen LogP) is 1.98. The molecule has 192 valence electrons. The summed E-state index contributed by atoms with van der Waals surface area (Å²) in [6.45, 7) is 1.09. The van der Waals surface area contributed by atoms with E-state index in [0.717, 1.165) is 5.39 Å². The lowest BCUT2D eigenvalue weighted by molar-refractivity contribution is -0.142. The third kappa shape index (κ3) is 5.75. The average Bonchev–Trinajstić information content (AvgIpc) is 3.22. The minimum atomic E-state index is -4.19. The summed E-state index contributed by atoms with van der Waals surface area (Å²) in [7, 11) is -2.99. The Labute approximate surface area is 206 Å². The molecule has 3 aromatic rings. The number of nitrogens with two attached hydrogens (primary N) is 1. The van der Waals surface area contributed by atoms with Crippen LogP contribution in [0.1, 0.15) is 19.6 Å². The van der Waals surface area contributed by atoms with Gasteiger partial charge in [0.2, 0.25) is 0 Å². The molecule has 13 heteroatoms. The van der Waals surface area contributed by atoms with Gasteiger partial charge >= 0.3 is 19.4 Å². The van der Waals surface area contributed by atoms with Gasteiger partial charge in [0.15, 0.2) is 0 Å². The second-order valence-corrected chi connectivity index (χ2v) is 9.90. The van der Waals surface area contributed by atoms with E-state index in [9.17, 15) is 19.3 Å². The number of ether oxygens (including phenoxy) is 2. The zero-order valence-corrected chi connectivity index (χ0v) is 20.5. The third-order valence-corrected chi connectivity index (χ3v) is 7.28. The maximum atomic E-state index is 13.8. The van der Waals surface area contributed by atoms with Crippen LogP contribution < -0.4 is 21.0 Å². The van der Waals surface area contributed by atoms with Gasteiger partial charge in [0, 0.05) is 18.0 Å². The number of aliphatic hydroxyl groups is 1. The van der Waals surface area contributed by atoms with Gasteiger partial charge in [0.05, 0.1) is 19.8 Å². The zero-order chi connectivity index (χ0) is 25.9. The lowest BCUT2D eigenvalue weighted by Gasteiger charge is -2.25. The Bertz CT molecular complexity index is 1340. The number of aliphatic hydroxyl groups excluding tert-OH is 1. The number of aromatic nitrogens is 2. The smallest absolute Gasteiger partial charge is 0.459 e. The monoisotopic (exact) mass is 518 g/mol. The fourth-order valence-electron chi connectivity index (χ4n) is 3.81. The number of nitrogen functional groups attached to an aromatic ring is 1. The number of nitrogens with one attached hydrogen (secondary N) is 1. The standard InChI is InChI=1S/C23H27N4O8P/c1-14(22(29)32-2)26-36(31,35-18-9-5-7-15-6-3-4-8-16(15)18)33-13-19-17(28)12-21(34-19)27-11-10-20(24)25-23(27)30/h3-11,14,17,19,21,28H,12-13H2,1-2H3,(H,26,31)(H2,24,25,30)/t14-,17+,19+,21+,36?/m0/s1. The third-order valence-electron chi connectivity index (χ3n) is 5.65. The molecule has 2 heterocycles. The molecule has 1 fully saturated rings. The van der Waals surface area contributed by atoms with E-state index < -0.39 is 43.9 Å². The molecule has 0 bridgehead atoms. The number of benzene rings is 2. The topological polar surface area (TPSA) is 164 Å². The van der Waals surface area contributed by atoms with Crippen molar-refractivity contribution >= 4 is 30.3 Å². The fourth-order valence-corrected chi connectivity index (χ4v) is 5.33. The van der Waals surface area contributed by atoms with Crippen LogP contribution in [0.15, 0.2) is 59.5 Å². The molecular weight excluding hydrogens is 491 g/mol. The van der Waals surface area contributed by atoms with Gasteiger partial charge in [-0.2, -0.15) is 10.1 Å². The highest BCUT2D eigenvalue weighted by molar-refractivity contribution is 7.52. The molecule has 2 aromatic carbocycles. The average molecular weight is 518 g/mol. The number of hydrogen-bond acceptors (Lipinski definition) is 10. The number of fused-ring (bicyclic) bond motifs is 1. The molecule has 5 atom stereocenters. The molecule has 0 aliphatic carbocycles. The molecule has 1 aromatic heterocycles. The van der Waals surface area contributed by atoms with Gasteiger partial charge in [-0.25, -0.2) is 9.36 Å². The summed E-state index contributed by atoms with van der Waals surface area (Å²) >= 11 is 0. The van der Waals surface area contributed by atoms with Crippen molar-refractivity contribution < 1.29 is 33.0 Å². The van der Waals surface area contributed by atoms with Gasteiger partial charge in [-0.3, -0.25) is 13.9 Å². The van der Waals surface area contributed by atoms with E-state index in [4.69, 9.17) is 24.3 Å². The number of carbonyl (C=O) groups is 1. The molecule has 4 N–H and O–H groups in total.